The fourth-order valence-electron chi connectivity index (χ4n) is 6.01. The van der Waals surface area contributed by atoms with Crippen molar-refractivity contribution in [3.05, 3.63) is 0 Å². The minimum absolute atomic E-state index is 0.0682. The summed E-state index contributed by atoms with van der Waals surface area (Å²) in [5.74, 6) is -0.922. The molecule has 0 amide bonds. The van der Waals surface area contributed by atoms with E-state index in [1.807, 2.05) is 6.92 Å². The van der Waals surface area contributed by atoms with Crippen molar-refractivity contribution >= 4 is 17.9 Å². The van der Waals surface area contributed by atoms with Crippen molar-refractivity contribution in [2.45, 2.75) is 232 Å². The van der Waals surface area contributed by atoms with Crippen LogP contribution in [0, 0.1) is 0 Å². The van der Waals surface area contributed by atoms with E-state index in [1.54, 1.807) is 0 Å². The van der Waals surface area contributed by atoms with Crippen molar-refractivity contribution in [2.75, 3.05) is 13.2 Å². The maximum absolute atomic E-state index is 12.5. The Kier molecular flexibility index (Phi) is 36.0. The van der Waals surface area contributed by atoms with E-state index >= 15 is 0 Å². The molecule has 278 valence electrons. The van der Waals surface area contributed by atoms with Crippen molar-refractivity contribution < 1.29 is 28.6 Å². The Morgan fingerprint density at radius 3 is 0.936 bits per heavy atom. The van der Waals surface area contributed by atoms with Crippen LogP contribution >= 0.6 is 0 Å². The highest BCUT2D eigenvalue weighted by Gasteiger charge is 2.19. The molecule has 1 atom stereocenters. The molecule has 6 nitrogen and oxygen atoms in total. The molecule has 1 unspecified atom stereocenters. The van der Waals surface area contributed by atoms with E-state index in [0.29, 0.717) is 25.7 Å². The van der Waals surface area contributed by atoms with E-state index in [4.69, 9.17) is 14.2 Å². The number of unbranched alkanes of at least 4 members (excludes halogenated alkanes) is 26. The Morgan fingerprint density at radius 1 is 0.340 bits per heavy atom. The van der Waals surface area contributed by atoms with Gasteiger partial charge in [-0.15, -0.1) is 0 Å². The molecule has 0 aromatic rings. The largest absolute Gasteiger partial charge is 0.462 e. The Labute approximate surface area is 291 Å². The van der Waals surface area contributed by atoms with E-state index in [1.165, 1.54) is 141 Å². The smallest absolute Gasteiger partial charge is 0.306 e. The summed E-state index contributed by atoms with van der Waals surface area (Å²) in [7, 11) is 0. The lowest BCUT2D eigenvalue weighted by atomic mass is 10.0. The molecule has 0 saturated carbocycles. The van der Waals surface area contributed by atoms with Crippen LogP contribution in [0.2, 0.25) is 0 Å². The highest BCUT2D eigenvalue weighted by molar-refractivity contribution is 5.71. The molecule has 0 spiro atoms. The summed E-state index contributed by atoms with van der Waals surface area (Å²) in [4.78, 5) is 36.7. The number of hydrogen-bond acceptors (Lipinski definition) is 6. The first-order valence-electron chi connectivity index (χ1n) is 20.5. The normalized spacial score (nSPS) is 11.8. The van der Waals surface area contributed by atoms with Gasteiger partial charge in [-0.05, 0) is 19.3 Å². The molecular weight excluding hydrogens is 588 g/mol. The van der Waals surface area contributed by atoms with Crippen LogP contribution in [-0.4, -0.2) is 37.2 Å². The van der Waals surface area contributed by atoms with Crippen LogP contribution in [0.25, 0.3) is 0 Å². The number of hydrogen-bond donors (Lipinski definition) is 0. The fraction of sp³-hybridized carbons (Fsp3) is 0.927. The van der Waals surface area contributed by atoms with Crippen molar-refractivity contribution in [2.24, 2.45) is 0 Å². The van der Waals surface area contributed by atoms with Gasteiger partial charge in [0.2, 0.25) is 0 Å². The van der Waals surface area contributed by atoms with Gasteiger partial charge in [0.1, 0.15) is 13.2 Å². The molecule has 0 bridgehead atoms. The van der Waals surface area contributed by atoms with Gasteiger partial charge in [-0.25, -0.2) is 0 Å². The Hall–Kier alpha value is -1.59. The van der Waals surface area contributed by atoms with E-state index in [0.717, 1.165) is 38.5 Å². The molecule has 47 heavy (non-hydrogen) atoms. The van der Waals surface area contributed by atoms with Gasteiger partial charge in [0.05, 0.1) is 0 Å². The average Bonchev–Trinajstić information content (AvgIpc) is 3.06. The average molecular weight is 667 g/mol. The molecule has 0 radical (unpaired) electrons. The molecular formula is C41H78O6. The predicted octanol–water partition coefficient (Wildman–Crippen LogP) is 12.5. The molecule has 0 heterocycles. The molecule has 0 aliphatic rings. The first-order chi connectivity index (χ1) is 23.0. The van der Waals surface area contributed by atoms with Gasteiger partial charge < -0.3 is 14.2 Å². The minimum Gasteiger partial charge on any atom is -0.462 e. The zero-order valence-electron chi connectivity index (χ0n) is 31.6. The molecule has 0 rings (SSSR count). The van der Waals surface area contributed by atoms with Gasteiger partial charge in [-0.1, -0.05) is 188 Å². The Morgan fingerprint density at radius 2 is 0.617 bits per heavy atom. The summed E-state index contributed by atoms with van der Waals surface area (Å²) in [6.07, 6.45) is 36.4. The quantitative estimate of drug-likeness (QED) is 0.0373. The highest BCUT2D eigenvalue weighted by atomic mass is 16.6. The maximum Gasteiger partial charge on any atom is 0.306 e. The van der Waals surface area contributed by atoms with Crippen LogP contribution in [-0.2, 0) is 28.6 Å². The van der Waals surface area contributed by atoms with E-state index < -0.39 is 6.10 Å². The number of ether oxygens (including phenoxy) is 3. The van der Waals surface area contributed by atoms with E-state index in [9.17, 15) is 14.4 Å². The van der Waals surface area contributed by atoms with Gasteiger partial charge >= 0.3 is 17.9 Å². The van der Waals surface area contributed by atoms with Crippen molar-refractivity contribution in [1.82, 2.24) is 0 Å². The molecule has 0 aliphatic heterocycles. The van der Waals surface area contributed by atoms with Gasteiger partial charge in [-0.3, -0.25) is 14.4 Å². The number of rotatable bonds is 37. The second-order valence-corrected chi connectivity index (χ2v) is 13.9. The summed E-state index contributed by atoms with van der Waals surface area (Å²) >= 11 is 0. The molecule has 6 heteroatoms. The molecule has 0 saturated heterocycles. The van der Waals surface area contributed by atoms with Crippen molar-refractivity contribution in [3.8, 4) is 0 Å². The Bertz CT molecular complexity index is 693. The van der Waals surface area contributed by atoms with Gasteiger partial charge in [0, 0.05) is 19.3 Å². The lowest BCUT2D eigenvalue weighted by molar-refractivity contribution is -0.167. The zero-order valence-corrected chi connectivity index (χ0v) is 31.6. The molecule has 0 aliphatic carbocycles. The minimum atomic E-state index is -0.754. The van der Waals surface area contributed by atoms with Crippen LogP contribution in [0.5, 0.6) is 0 Å². The van der Waals surface area contributed by atoms with Crippen LogP contribution in [0.4, 0.5) is 0 Å². The van der Waals surface area contributed by atoms with Crippen molar-refractivity contribution in [1.29, 1.82) is 0 Å². The van der Waals surface area contributed by atoms with Crippen LogP contribution < -0.4 is 0 Å². The third-order valence-corrected chi connectivity index (χ3v) is 9.08. The topological polar surface area (TPSA) is 78.9 Å². The van der Waals surface area contributed by atoms with Crippen LogP contribution in [0.1, 0.15) is 226 Å². The first-order valence-corrected chi connectivity index (χ1v) is 20.5. The summed E-state index contributed by atoms with van der Waals surface area (Å²) in [6, 6.07) is 0. The number of carbonyl (C=O) groups excluding carboxylic acids is 3. The monoisotopic (exact) mass is 667 g/mol. The third-order valence-electron chi connectivity index (χ3n) is 9.08. The van der Waals surface area contributed by atoms with Gasteiger partial charge in [0.15, 0.2) is 6.10 Å². The number of esters is 3. The Balaban J connectivity index is 3.97. The lowest BCUT2D eigenvalue weighted by Crippen LogP contribution is -2.30. The zero-order chi connectivity index (χ0) is 34.5. The molecule has 0 fully saturated rings. The predicted molar refractivity (Wildman–Crippen MR) is 197 cm³/mol. The lowest BCUT2D eigenvalue weighted by Gasteiger charge is -2.18. The van der Waals surface area contributed by atoms with Crippen LogP contribution in [0.3, 0.4) is 0 Å². The highest BCUT2D eigenvalue weighted by Crippen LogP contribution is 2.15. The van der Waals surface area contributed by atoms with Gasteiger partial charge in [-0.2, -0.15) is 0 Å². The molecule has 0 aromatic carbocycles. The summed E-state index contributed by atoms with van der Waals surface area (Å²) < 4.78 is 16.3. The summed E-state index contributed by atoms with van der Waals surface area (Å²) in [5, 5.41) is 0. The second kappa shape index (κ2) is 37.2. The first kappa shape index (κ1) is 45.4. The van der Waals surface area contributed by atoms with E-state index in [-0.39, 0.29) is 31.1 Å². The maximum atomic E-state index is 12.5. The summed E-state index contributed by atoms with van der Waals surface area (Å²) in [5.41, 5.74) is 0. The van der Waals surface area contributed by atoms with Gasteiger partial charge in [0.25, 0.3) is 0 Å². The third kappa shape index (κ3) is 35.5. The summed E-state index contributed by atoms with van der Waals surface area (Å²) in [6.45, 7) is 6.30. The molecule has 0 aromatic heterocycles. The fourth-order valence-corrected chi connectivity index (χ4v) is 6.01. The van der Waals surface area contributed by atoms with Crippen LogP contribution in [0.15, 0.2) is 0 Å². The van der Waals surface area contributed by atoms with E-state index in [2.05, 4.69) is 13.8 Å². The SMILES string of the molecule is CCCCCCCCCCCCCCCCCC(=O)OC(COC(=O)CCC)COC(=O)CCCCCCCCCCCCCCC. The second-order valence-electron chi connectivity index (χ2n) is 13.9. The molecule has 0 N–H and O–H groups in total. The number of carbonyl (C=O) groups is 3. The standard InChI is InChI=1S/C41H78O6/c1-4-7-9-11-13-15-17-19-20-22-24-26-28-30-32-35-41(44)47-38(36-45-39(42)33-6-3)37-46-40(43)34-31-29-27-25-23-21-18-16-14-12-10-8-5-2/h38H,4-37H2,1-3H3. The van der Waals surface area contributed by atoms with Crippen molar-refractivity contribution in [3.63, 3.8) is 0 Å².